The summed E-state index contributed by atoms with van der Waals surface area (Å²) in [5, 5.41) is 9.95. The first-order valence-electron chi connectivity index (χ1n) is 6.03. The molecular weight excluding hydrogens is 212 g/mol. The summed E-state index contributed by atoms with van der Waals surface area (Å²) in [5.74, 6) is 0.849. The van der Waals surface area contributed by atoms with Crippen LogP contribution in [0, 0.1) is 6.92 Å². The average Bonchev–Trinajstić information content (AvgIpc) is 2.77. The minimum atomic E-state index is -0.406. The molecule has 0 radical (unpaired) electrons. The van der Waals surface area contributed by atoms with Crippen LogP contribution >= 0.6 is 0 Å². The van der Waals surface area contributed by atoms with Crippen molar-refractivity contribution in [1.29, 1.82) is 0 Å². The molecule has 17 heavy (non-hydrogen) atoms. The first-order valence-corrected chi connectivity index (χ1v) is 6.03. The van der Waals surface area contributed by atoms with Gasteiger partial charge in [-0.15, -0.1) is 0 Å². The maximum Gasteiger partial charge on any atom is 0.101 e. The van der Waals surface area contributed by atoms with Crippen molar-refractivity contribution in [2.45, 2.75) is 32.3 Å². The first kappa shape index (κ1) is 11.9. The van der Waals surface area contributed by atoms with Crippen molar-refractivity contribution in [2.75, 3.05) is 0 Å². The van der Waals surface area contributed by atoms with E-state index in [2.05, 4.69) is 12.1 Å². The lowest BCUT2D eigenvalue weighted by atomic mass is 10.0. The Morgan fingerprint density at radius 3 is 2.65 bits per heavy atom. The molecule has 0 bridgehead atoms. The summed E-state index contributed by atoms with van der Waals surface area (Å²) in [7, 11) is 0. The van der Waals surface area contributed by atoms with Crippen molar-refractivity contribution < 1.29 is 9.52 Å². The molecule has 2 rings (SSSR count). The quantitative estimate of drug-likeness (QED) is 0.850. The molecule has 1 N–H and O–H groups in total. The number of rotatable bonds is 5. The Labute approximate surface area is 102 Å². The van der Waals surface area contributed by atoms with Crippen molar-refractivity contribution >= 4 is 0 Å². The predicted octanol–water partition coefficient (Wildman–Crippen LogP) is 3.64. The van der Waals surface area contributed by atoms with E-state index in [0.717, 1.165) is 30.6 Å². The summed E-state index contributed by atoms with van der Waals surface area (Å²) in [6.07, 6.45) is 4.00. The summed E-state index contributed by atoms with van der Waals surface area (Å²) in [6, 6.07) is 12.2. The van der Waals surface area contributed by atoms with Crippen LogP contribution < -0.4 is 0 Å². The van der Waals surface area contributed by atoms with E-state index in [4.69, 9.17) is 4.42 Å². The first-order chi connectivity index (χ1) is 8.25. The monoisotopic (exact) mass is 230 g/mol. The van der Waals surface area contributed by atoms with Gasteiger partial charge in [0.15, 0.2) is 0 Å². The Kier molecular flexibility index (Phi) is 3.99. The van der Waals surface area contributed by atoms with E-state index in [1.54, 1.807) is 6.26 Å². The molecule has 0 aliphatic carbocycles. The molecule has 1 aromatic heterocycles. The van der Waals surface area contributed by atoms with Crippen LogP contribution in [0.25, 0.3) is 0 Å². The second-order valence-electron chi connectivity index (χ2n) is 4.38. The molecule has 0 saturated carbocycles. The highest BCUT2D eigenvalue weighted by Gasteiger charge is 2.09. The fourth-order valence-electron chi connectivity index (χ4n) is 1.95. The number of hydrogen-bond acceptors (Lipinski definition) is 2. The largest absolute Gasteiger partial charge is 0.469 e. The van der Waals surface area contributed by atoms with Crippen LogP contribution in [0.1, 0.15) is 35.8 Å². The van der Waals surface area contributed by atoms with Crippen molar-refractivity contribution in [2.24, 2.45) is 0 Å². The zero-order valence-corrected chi connectivity index (χ0v) is 10.1. The van der Waals surface area contributed by atoms with Gasteiger partial charge in [0.25, 0.3) is 0 Å². The zero-order chi connectivity index (χ0) is 12.1. The smallest absolute Gasteiger partial charge is 0.101 e. The molecule has 0 aliphatic heterocycles. The lowest BCUT2D eigenvalue weighted by molar-refractivity contribution is 0.164. The number of aliphatic hydroxyl groups is 1. The zero-order valence-electron chi connectivity index (χ0n) is 10.1. The molecule has 0 aliphatic rings. The number of aliphatic hydroxyl groups excluding tert-OH is 1. The van der Waals surface area contributed by atoms with Crippen LogP contribution in [0.5, 0.6) is 0 Å². The summed E-state index contributed by atoms with van der Waals surface area (Å²) in [4.78, 5) is 0. The van der Waals surface area contributed by atoms with Gasteiger partial charge in [0.05, 0.1) is 12.4 Å². The minimum Gasteiger partial charge on any atom is -0.469 e. The molecule has 0 spiro atoms. The molecule has 0 fully saturated rings. The Bertz CT molecular complexity index is 445. The third kappa shape index (κ3) is 3.46. The Morgan fingerprint density at radius 2 is 2.00 bits per heavy atom. The van der Waals surface area contributed by atoms with Crippen molar-refractivity contribution in [1.82, 2.24) is 0 Å². The molecule has 0 saturated heterocycles. The Morgan fingerprint density at radius 1 is 1.24 bits per heavy atom. The van der Waals surface area contributed by atoms with Crippen LogP contribution in [0.15, 0.2) is 47.1 Å². The van der Waals surface area contributed by atoms with Gasteiger partial charge in [-0.05, 0) is 37.8 Å². The highest BCUT2D eigenvalue weighted by atomic mass is 16.3. The number of hydrogen-bond donors (Lipinski definition) is 1. The van der Waals surface area contributed by atoms with Crippen molar-refractivity contribution in [3.8, 4) is 0 Å². The molecule has 90 valence electrons. The normalized spacial score (nSPS) is 12.6. The fourth-order valence-corrected chi connectivity index (χ4v) is 1.95. The molecule has 1 aromatic carbocycles. The number of furan rings is 1. The highest BCUT2D eigenvalue weighted by Crippen LogP contribution is 2.21. The van der Waals surface area contributed by atoms with Gasteiger partial charge in [-0.3, -0.25) is 0 Å². The lowest BCUT2D eigenvalue weighted by Gasteiger charge is -2.07. The van der Waals surface area contributed by atoms with Gasteiger partial charge < -0.3 is 9.52 Å². The average molecular weight is 230 g/mol. The van der Waals surface area contributed by atoms with E-state index in [1.807, 2.05) is 31.2 Å². The molecule has 1 atom stereocenters. The number of aryl methyl sites for hydroxylation is 2. The molecular formula is C15H18O2. The molecule has 2 aromatic rings. The third-order valence-corrected chi connectivity index (χ3v) is 2.92. The molecule has 1 heterocycles. The Hall–Kier alpha value is -1.54. The van der Waals surface area contributed by atoms with Gasteiger partial charge in [-0.2, -0.15) is 0 Å². The molecule has 2 heteroatoms. The van der Waals surface area contributed by atoms with Crippen LogP contribution in [0.3, 0.4) is 0 Å². The molecule has 0 amide bonds. The van der Waals surface area contributed by atoms with Crippen LogP contribution in [-0.2, 0) is 6.42 Å². The van der Waals surface area contributed by atoms with Crippen LogP contribution in [0.2, 0.25) is 0 Å². The minimum absolute atomic E-state index is 0.406. The van der Waals surface area contributed by atoms with Crippen molar-refractivity contribution in [3.63, 3.8) is 0 Å². The van der Waals surface area contributed by atoms with Gasteiger partial charge >= 0.3 is 0 Å². The van der Waals surface area contributed by atoms with Crippen LogP contribution in [-0.4, -0.2) is 5.11 Å². The van der Waals surface area contributed by atoms with Crippen LogP contribution in [0.4, 0.5) is 0 Å². The molecule has 1 unspecified atom stereocenters. The number of benzene rings is 1. The van der Waals surface area contributed by atoms with E-state index < -0.39 is 6.10 Å². The molecule has 2 nitrogen and oxygen atoms in total. The van der Waals surface area contributed by atoms with E-state index in [0.29, 0.717) is 0 Å². The summed E-state index contributed by atoms with van der Waals surface area (Å²) in [5.41, 5.74) is 2.21. The lowest BCUT2D eigenvalue weighted by Crippen LogP contribution is -1.96. The van der Waals surface area contributed by atoms with E-state index in [9.17, 15) is 5.11 Å². The fraction of sp³-hybridized carbons (Fsp3) is 0.333. The van der Waals surface area contributed by atoms with E-state index >= 15 is 0 Å². The maximum atomic E-state index is 9.95. The van der Waals surface area contributed by atoms with E-state index in [-0.39, 0.29) is 0 Å². The highest BCUT2D eigenvalue weighted by molar-refractivity contribution is 5.16. The second-order valence-corrected chi connectivity index (χ2v) is 4.38. The van der Waals surface area contributed by atoms with E-state index in [1.165, 1.54) is 5.56 Å². The van der Waals surface area contributed by atoms with Gasteiger partial charge in [0, 0.05) is 5.56 Å². The second kappa shape index (κ2) is 5.69. The summed E-state index contributed by atoms with van der Waals surface area (Å²) < 4.78 is 5.19. The maximum absolute atomic E-state index is 9.95. The van der Waals surface area contributed by atoms with Gasteiger partial charge in [-0.1, -0.05) is 30.3 Å². The topological polar surface area (TPSA) is 33.4 Å². The standard InChI is InChI=1S/C15H18O2/c1-12-10-14(11-17-12)15(16)9-5-8-13-6-3-2-4-7-13/h2-4,6-7,10-11,15-16H,5,8-9H2,1H3. The van der Waals surface area contributed by atoms with Gasteiger partial charge in [-0.25, -0.2) is 0 Å². The van der Waals surface area contributed by atoms with Gasteiger partial charge in [0.1, 0.15) is 5.76 Å². The van der Waals surface area contributed by atoms with Gasteiger partial charge in [0.2, 0.25) is 0 Å². The van der Waals surface area contributed by atoms with Crippen molar-refractivity contribution in [3.05, 3.63) is 59.5 Å². The third-order valence-electron chi connectivity index (χ3n) is 2.92. The Balaban J connectivity index is 1.79. The summed E-state index contributed by atoms with van der Waals surface area (Å²) >= 11 is 0. The summed E-state index contributed by atoms with van der Waals surface area (Å²) in [6.45, 7) is 1.89. The predicted molar refractivity (Wildman–Crippen MR) is 67.8 cm³/mol. The SMILES string of the molecule is Cc1cc(C(O)CCCc2ccccc2)co1.